The Kier molecular flexibility index (Phi) is 9.65. The predicted molar refractivity (Wildman–Crippen MR) is 148 cm³/mol. The molecule has 2 aromatic carbocycles. The first-order valence-electron chi connectivity index (χ1n) is 13.6. The molecular weight excluding hydrogens is 466 g/mol. The second kappa shape index (κ2) is 12.3. The molecule has 2 unspecified atom stereocenters. The predicted octanol–water partition coefficient (Wildman–Crippen LogP) is 5.47. The van der Waals surface area contributed by atoms with E-state index in [4.69, 9.17) is 9.47 Å². The minimum atomic E-state index is -0.926. The maximum Gasteiger partial charge on any atom is 0.308 e. The van der Waals surface area contributed by atoms with Crippen LogP contribution in [0, 0.1) is 6.92 Å². The Morgan fingerprint density at radius 1 is 1.16 bits per heavy atom. The van der Waals surface area contributed by atoms with E-state index >= 15 is 0 Å². The van der Waals surface area contributed by atoms with E-state index in [1.54, 1.807) is 6.92 Å². The highest BCUT2D eigenvalue weighted by Crippen LogP contribution is 2.48. The number of aliphatic hydroxyl groups excluding tert-OH is 2. The Morgan fingerprint density at radius 3 is 2.46 bits per heavy atom. The van der Waals surface area contributed by atoms with Crippen LogP contribution in [0.1, 0.15) is 87.6 Å². The molecule has 0 aromatic heterocycles. The molecule has 0 saturated heterocycles. The Morgan fingerprint density at radius 2 is 1.84 bits per heavy atom. The molecule has 6 nitrogen and oxygen atoms in total. The van der Waals surface area contributed by atoms with Crippen LogP contribution in [0.3, 0.4) is 0 Å². The van der Waals surface area contributed by atoms with Crippen molar-refractivity contribution in [1.82, 2.24) is 0 Å². The number of carbonyl (C=O) groups excluding carboxylic acids is 1. The average Bonchev–Trinajstić information content (AvgIpc) is 3.14. The third-order valence-corrected chi connectivity index (χ3v) is 7.12. The lowest BCUT2D eigenvalue weighted by molar-refractivity contribution is -0.145. The van der Waals surface area contributed by atoms with Gasteiger partial charge in [-0.3, -0.25) is 4.79 Å². The molecule has 3 rings (SSSR count). The van der Waals surface area contributed by atoms with E-state index in [0.717, 1.165) is 24.3 Å². The van der Waals surface area contributed by atoms with Crippen molar-refractivity contribution in [2.45, 2.75) is 104 Å². The second-order valence-electron chi connectivity index (χ2n) is 11.3. The van der Waals surface area contributed by atoms with E-state index in [1.807, 2.05) is 6.07 Å². The van der Waals surface area contributed by atoms with Crippen molar-refractivity contribution >= 4 is 11.7 Å². The first kappa shape index (κ1) is 29.0. The normalized spacial score (nSPS) is 15.7. The number of hydrogen-bond donors (Lipinski definition) is 2. The van der Waals surface area contributed by atoms with Gasteiger partial charge in [-0.1, -0.05) is 44.2 Å². The lowest BCUT2D eigenvalue weighted by Gasteiger charge is -2.31. The number of anilines is 1. The van der Waals surface area contributed by atoms with Gasteiger partial charge in [-0.15, -0.1) is 0 Å². The highest BCUT2D eigenvalue weighted by atomic mass is 16.5. The van der Waals surface area contributed by atoms with Gasteiger partial charge >= 0.3 is 5.97 Å². The van der Waals surface area contributed by atoms with Crippen LogP contribution in [-0.4, -0.2) is 47.6 Å². The van der Waals surface area contributed by atoms with Crippen LogP contribution in [0.15, 0.2) is 30.3 Å². The molecule has 2 N–H and O–H groups in total. The number of ether oxygens (including phenoxy) is 2. The fourth-order valence-corrected chi connectivity index (χ4v) is 5.57. The molecule has 6 heteroatoms. The number of carbonyl (C=O) groups is 1. The number of nitrogens with zero attached hydrogens (tertiary/aromatic N) is 1. The van der Waals surface area contributed by atoms with Gasteiger partial charge in [0, 0.05) is 36.8 Å². The number of aliphatic hydroxyl groups is 2. The van der Waals surface area contributed by atoms with Gasteiger partial charge in [0.05, 0.1) is 25.2 Å². The zero-order valence-corrected chi connectivity index (χ0v) is 23.6. The van der Waals surface area contributed by atoms with E-state index < -0.39 is 18.2 Å². The van der Waals surface area contributed by atoms with E-state index in [-0.39, 0.29) is 31.0 Å². The zero-order chi connectivity index (χ0) is 27.3. The van der Waals surface area contributed by atoms with Crippen molar-refractivity contribution in [3.05, 3.63) is 58.1 Å². The minimum Gasteiger partial charge on any atom is -0.487 e. The molecule has 2 atom stereocenters. The lowest BCUT2D eigenvalue weighted by atomic mass is 9.84. The SMILES string of the molecule is CCOC(=O)CC(O)CC(O)CCc1c2c(c(C)c(N(C)Cc3ccccc3)c1C(C)C)CC(C)(C)O2. The summed E-state index contributed by atoms with van der Waals surface area (Å²) in [5.41, 5.74) is 7.12. The summed E-state index contributed by atoms with van der Waals surface area (Å²) < 4.78 is 11.5. The lowest BCUT2D eigenvalue weighted by Crippen LogP contribution is -2.25. The standard InChI is InChI=1S/C31H45NO5/c1-8-36-27(35)17-24(34)16-23(33)14-15-25-28(20(2)3)29(32(7)19-22-12-10-9-11-13-22)21(4)26-18-31(5,6)37-30(25)26/h9-13,20,23-24,33-34H,8,14-19H2,1-7H3. The van der Waals surface area contributed by atoms with E-state index in [9.17, 15) is 15.0 Å². The molecule has 0 bridgehead atoms. The van der Waals surface area contributed by atoms with E-state index in [1.165, 1.54) is 27.9 Å². The summed E-state index contributed by atoms with van der Waals surface area (Å²) >= 11 is 0. The third-order valence-electron chi connectivity index (χ3n) is 7.12. The van der Waals surface area contributed by atoms with Gasteiger partial charge < -0.3 is 24.6 Å². The molecule has 2 aromatic rings. The van der Waals surface area contributed by atoms with Gasteiger partial charge in [0.25, 0.3) is 0 Å². The number of benzene rings is 2. The molecule has 1 aliphatic heterocycles. The molecule has 1 heterocycles. The summed E-state index contributed by atoms with van der Waals surface area (Å²) in [5.74, 6) is 0.774. The van der Waals surface area contributed by atoms with Gasteiger partial charge in [-0.2, -0.15) is 0 Å². The van der Waals surface area contributed by atoms with Crippen molar-refractivity contribution < 1.29 is 24.5 Å². The molecule has 0 saturated carbocycles. The van der Waals surface area contributed by atoms with Gasteiger partial charge in [-0.05, 0) is 69.6 Å². The first-order chi connectivity index (χ1) is 17.4. The topological polar surface area (TPSA) is 79.2 Å². The Hall–Kier alpha value is -2.57. The fourth-order valence-electron chi connectivity index (χ4n) is 5.57. The molecule has 0 fully saturated rings. The summed E-state index contributed by atoms with van der Waals surface area (Å²) in [7, 11) is 2.15. The van der Waals surface area contributed by atoms with Gasteiger partial charge in [0.15, 0.2) is 0 Å². The van der Waals surface area contributed by atoms with E-state index in [0.29, 0.717) is 12.8 Å². The quantitative estimate of drug-likeness (QED) is 0.368. The van der Waals surface area contributed by atoms with Crippen molar-refractivity contribution in [2.24, 2.45) is 0 Å². The number of esters is 1. The van der Waals surface area contributed by atoms with Crippen LogP contribution >= 0.6 is 0 Å². The van der Waals surface area contributed by atoms with Crippen LogP contribution < -0.4 is 9.64 Å². The summed E-state index contributed by atoms with van der Waals surface area (Å²) in [6.45, 7) is 13.7. The van der Waals surface area contributed by atoms with Crippen LogP contribution in [0.25, 0.3) is 0 Å². The maximum atomic E-state index is 11.7. The van der Waals surface area contributed by atoms with Crippen molar-refractivity contribution in [1.29, 1.82) is 0 Å². The largest absolute Gasteiger partial charge is 0.487 e. The molecule has 37 heavy (non-hydrogen) atoms. The van der Waals surface area contributed by atoms with Crippen molar-refractivity contribution in [3.8, 4) is 5.75 Å². The minimum absolute atomic E-state index is 0.103. The van der Waals surface area contributed by atoms with Crippen LogP contribution in [0.5, 0.6) is 5.75 Å². The van der Waals surface area contributed by atoms with Gasteiger partial charge in [-0.25, -0.2) is 0 Å². The van der Waals surface area contributed by atoms with Crippen molar-refractivity contribution in [2.75, 3.05) is 18.6 Å². The number of fused-ring (bicyclic) bond motifs is 1. The first-order valence-corrected chi connectivity index (χ1v) is 13.6. The number of rotatable bonds is 12. The Bertz CT molecular complexity index is 1060. The summed E-state index contributed by atoms with van der Waals surface area (Å²) in [5, 5.41) is 21.1. The molecule has 0 radical (unpaired) electrons. The molecule has 204 valence electrons. The zero-order valence-electron chi connectivity index (χ0n) is 23.6. The highest BCUT2D eigenvalue weighted by Gasteiger charge is 2.37. The molecule has 1 aliphatic rings. The smallest absolute Gasteiger partial charge is 0.308 e. The summed E-state index contributed by atoms with van der Waals surface area (Å²) in [6.07, 6.45) is 0.315. The van der Waals surface area contributed by atoms with Crippen LogP contribution in [0.2, 0.25) is 0 Å². The Balaban J connectivity index is 1.92. The molecule has 0 amide bonds. The molecule has 0 spiro atoms. The number of hydrogen-bond acceptors (Lipinski definition) is 6. The maximum absolute atomic E-state index is 11.7. The van der Waals surface area contributed by atoms with Crippen LogP contribution in [0.4, 0.5) is 5.69 Å². The fraction of sp³-hybridized carbons (Fsp3) is 0.581. The summed E-state index contributed by atoms with van der Waals surface area (Å²) in [4.78, 5) is 14.0. The third kappa shape index (κ3) is 7.26. The van der Waals surface area contributed by atoms with Gasteiger partial charge in [0.2, 0.25) is 0 Å². The van der Waals surface area contributed by atoms with Crippen LogP contribution in [-0.2, 0) is 28.9 Å². The van der Waals surface area contributed by atoms with Crippen molar-refractivity contribution in [3.63, 3.8) is 0 Å². The monoisotopic (exact) mass is 511 g/mol. The Labute approximate surface area is 222 Å². The van der Waals surface area contributed by atoms with E-state index in [2.05, 4.69) is 70.8 Å². The average molecular weight is 512 g/mol. The molecule has 0 aliphatic carbocycles. The second-order valence-corrected chi connectivity index (χ2v) is 11.3. The molecular formula is C31H45NO5. The summed E-state index contributed by atoms with van der Waals surface area (Å²) in [6, 6.07) is 10.5. The van der Waals surface area contributed by atoms with Gasteiger partial charge in [0.1, 0.15) is 11.4 Å². The highest BCUT2D eigenvalue weighted by molar-refractivity contribution is 5.71.